The first-order valence-corrected chi connectivity index (χ1v) is 3.94. The molecular formula is C7H9NOS. The fourth-order valence-corrected chi connectivity index (χ4v) is 1.35. The molecular weight excluding hydrogens is 146 g/mol. The lowest BCUT2D eigenvalue weighted by Crippen LogP contribution is -2.09. The summed E-state index contributed by atoms with van der Waals surface area (Å²) in [5.74, 6) is 0.0266. The molecule has 0 aromatic rings. The minimum Gasteiger partial charge on any atom is -0.395 e. The average molecular weight is 155 g/mol. The highest BCUT2D eigenvalue weighted by molar-refractivity contribution is 8.05. The lowest BCUT2D eigenvalue weighted by Gasteiger charge is -1.94. The van der Waals surface area contributed by atoms with Gasteiger partial charge in [-0.05, 0) is 12.3 Å². The van der Waals surface area contributed by atoms with Crippen LogP contribution < -0.4 is 5.73 Å². The van der Waals surface area contributed by atoms with Gasteiger partial charge in [-0.15, -0.1) is 11.8 Å². The number of carbonyl (C=O) groups is 1. The van der Waals surface area contributed by atoms with E-state index in [4.69, 9.17) is 5.73 Å². The number of ketones is 1. The lowest BCUT2D eigenvalue weighted by molar-refractivity contribution is -0.115. The van der Waals surface area contributed by atoms with Crippen molar-refractivity contribution in [3.8, 4) is 0 Å². The molecule has 0 aromatic carbocycles. The van der Waals surface area contributed by atoms with Crippen LogP contribution in [-0.2, 0) is 4.79 Å². The highest BCUT2D eigenvalue weighted by atomic mass is 32.2. The molecule has 0 aromatic heterocycles. The minimum absolute atomic E-state index is 0.0266. The van der Waals surface area contributed by atoms with Crippen LogP contribution in [0.15, 0.2) is 22.1 Å². The van der Waals surface area contributed by atoms with E-state index in [-0.39, 0.29) is 5.78 Å². The van der Waals surface area contributed by atoms with Crippen LogP contribution in [0.1, 0.15) is 13.3 Å². The second-order valence-corrected chi connectivity index (χ2v) is 3.02. The molecule has 2 nitrogen and oxygen atoms in total. The number of rotatable bonds is 0. The van der Waals surface area contributed by atoms with Crippen LogP contribution in [0.5, 0.6) is 0 Å². The van der Waals surface area contributed by atoms with Gasteiger partial charge in [0.05, 0.1) is 5.70 Å². The Morgan fingerprint density at radius 3 is 3.00 bits per heavy atom. The monoisotopic (exact) mass is 155 g/mol. The molecule has 0 amide bonds. The third-order valence-corrected chi connectivity index (χ3v) is 2.15. The summed E-state index contributed by atoms with van der Waals surface area (Å²) >= 11 is 1.47. The van der Waals surface area contributed by atoms with Gasteiger partial charge in [0.1, 0.15) is 0 Å². The molecule has 1 heterocycles. The molecule has 0 saturated heterocycles. The van der Waals surface area contributed by atoms with Crippen molar-refractivity contribution in [3.05, 3.63) is 22.1 Å². The molecule has 1 rings (SSSR count). The van der Waals surface area contributed by atoms with Crippen LogP contribution in [0.25, 0.3) is 0 Å². The van der Waals surface area contributed by atoms with Crippen molar-refractivity contribution in [1.29, 1.82) is 0 Å². The molecule has 0 atom stereocenters. The minimum atomic E-state index is 0.0266. The molecule has 10 heavy (non-hydrogen) atoms. The van der Waals surface area contributed by atoms with Gasteiger partial charge in [0, 0.05) is 11.8 Å². The van der Waals surface area contributed by atoms with Gasteiger partial charge in [-0.25, -0.2) is 0 Å². The van der Waals surface area contributed by atoms with Crippen LogP contribution >= 0.6 is 11.8 Å². The van der Waals surface area contributed by atoms with E-state index < -0.39 is 0 Å². The maximum absolute atomic E-state index is 11.0. The summed E-state index contributed by atoms with van der Waals surface area (Å²) in [6.45, 7) is 1.93. The molecule has 0 fully saturated rings. The number of hydrogen-bond donors (Lipinski definition) is 1. The molecule has 0 spiro atoms. The number of allylic oxidation sites excluding steroid dienone is 2. The predicted molar refractivity (Wildman–Crippen MR) is 43.2 cm³/mol. The quantitative estimate of drug-likeness (QED) is 0.575. The Balaban J connectivity index is 2.78. The molecule has 0 saturated carbocycles. The predicted octanol–water partition coefficient (Wildman–Crippen LogP) is 1.40. The van der Waals surface area contributed by atoms with Gasteiger partial charge >= 0.3 is 0 Å². The molecule has 1 aliphatic heterocycles. The van der Waals surface area contributed by atoms with Crippen molar-refractivity contribution in [2.75, 3.05) is 0 Å². The van der Waals surface area contributed by atoms with Gasteiger partial charge in [0.15, 0.2) is 5.78 Å². The van der Waals surface area contributed by atoms with Crippen molar-refractivity contribution >= 4 is 17.5 Å². The Hall–Kier alpha value is -0.700. The van der Waals surface area contributed by atoms with Crippen molar-refractivity contribution in [1.82, 2.24) is 0 Å². The Bertz CT molecular complexity index is 218. The normalized spacial score (nSPS) is 19.5. The summed E-state index contributed by atoms with van der Waals surface area (Å²) in [6, 6.07) is 0. The van der Waals surface area contributed by atoms with Crippen molar-refractivity contribution in [2.45, 2.75) is 13.3 Å². The van der Waals surface area contributed by atoms with Gasteiger partial charge in [-0.2, -0.15) is 0 Å². The van der Waals surface area contributed by atoms with E-state index in [1.807, 2.05) is 12.3 Å². The number of nitrogens with two attached hydrogens (primary N) is 1. The summed E-state index contributed by atoms with van der Waals surface area (Å²) in [4.78, 5) is 11.0. The Morgan fingerprint density at radius 1 is 1.60 bits per heavy atom. The van der Waals surface area contributed by atoms with Crippen LogP contribution in [0.3, 0.4) is 0 Å². The summed E-state index contributed by atoms with van der Waals surface area (Å²) in [6.07, 6.45) is 0.468. The first-order chi connectivity index (χ1) is 4.70. The summed E-state index contributed by atoms with van der Waals surface area (Å²) in [5, 5.41) is 3.62. The standard InChI is InChI=1S/C7H9NOS/c1-5-2-7(9)6(8)4-10-3-5/h3-4H,2,8H2,1H3. The fraction of sp³-hybridized carbons (Fsp3) is 0.286. The highest BCUT2D eigenvalue weighted by Crippen LogP contribution is 2.18. The lowest BCUT2D eigenvalue weighted by atomic mass is 10.1. The van der Waals surface area contributed by atoms with Gasteiger partial charge in [-0.3, -0.25) is 4.79 Å². The second-order valence-electron chi connectivity index (χ2n) is 2.27. The molecule has 54 valence electrons. The van der Waals surface area contributed by atoms with Crippen LogP contribution in [-0.4, -0.2) is 5.78 Å². The van der Waals surface area contributed by atoms with Crippen LogP contribution in [0.2, 0.25) is 0 Å². The van der Waals surface area contributed by atoms with Crippen LogP contribution in [0.4, 0.5) is 0 Å². The van der Waals surface area contributed by atoms with Gasteiger partial charge in [-0.1, -0.05) is 5.57 Å². The Kier molecular flexibility index (Phi) is 2.17. The van der Waals surface area contributed by atoms with Gasteiger partial charge < -0.3 is 5.73 Å². The third kappa shape index (κ3) is 1.64. The molecule has 1 aliphatic rings. The smallest absolute Gasteiger partial charge is 0.183 e. The maximum atomic E-state index is 11.0. The van der Waals surface area contributed by atoms with Gasteiger partial charge in [0.25, 0.3) is 0 Å². The summed E-state index contributed by atoms with van der Waals surface area (Å²) < 4.78 is 0. The molecule has 2 N–H and O–H groups in total. The topological polar surface area (TPSA) is 43.1 Å². The van der Waals surface area contributed by atoms with Crippen molar-refractivity contribution in [3.63, 3.8) is 0 Å². The number of thioether (sulfide) groups is 1. The maximum Gasteiger partial charge on any atom is 0.183 e. The largest absolute Gasteiger partial charge is 0.395 e. The Morgan fingerprint density at radius 2 is 2.30 bits per heavy atom. The van der Waals surface area contributed by atoms with E-state index in [1.165, 1.54) is 11.8 Å². The number of carbonyl (C=O) groups excluding carboxylic acids is 1. The zero-order valence-corrected chi connectivity index (χ0v) is 6.57. The zero-order chi connectivity index (χ0) is 7.56. The number of hydrogen-bond acceptors (Lipinski definition) is 3. The Labute approximate surface area is 64.2 Å². The number of Topliss-reactive ketones (excluding diaryl/α,β-unsaturated/α-hetero) is 1. The first-order valence-electron chi connectivity index (χ1n) is 3.00. The SMILES string of the molecule is CC1=CSC=C(N)C(=O)C1. The third-order valence-electron chi connectivity index (χ3n) is 1.23. The van der Waals surface area contributed by atoms with E-state index in [0.717, 1.165) is 5.57 Å². The van der Waals surface area contributed by atoms with E-state index in [9.17, 15) is 4.79 Å². The summed E-state index contributed by atoms with van der Waals surface area (Å²) in [7, 11) is 0. The average Bonchev–Trinajstić information content (AvgIpc) is 1.96. The van der Waals surface area contributed by atoms with Gasteiger partial charge in [0.2, 0.25) is 0 Å². The molecule has 0 radical (unpaired) electrons. The van der Waals surface area contributed by atoms with Crippen molar-refractivity contribution in [2.24, 2.45) is 5.73 Å². The van der Waals surface area contributed by atoms with E-state index >= 15 is 0 Å². The van der Waals surface area contributed by atoms with E-state index in [1.54, 1.807) is 5.41 Å². The molecule has 0 aliphatic carbocycles. The summed E-state index contributed by atoms with van der Waals surface area (Å²) in [5.41, 5.74) is 6.85. The zero-order valence-electron chi connectivity index (χ0n) is 5.76. The van der Waals surface area contributed by atoms with E-state index in [0.29, 0.717) is 12.1 Å². The molecule has 0 unspecified atom stereocenters. The molecule has 0 bridgehead atoms. The van der Waals surface area contributed by atoms with E-state index in [2.05, 4.69) is 0 Å². The van der Waals surface area contributed by atoms with Crippen LogP contribution in [0, 0.1) is 0 Å². The first kappa shape index (κ1) is 7.41. The molecule has 3 heteroatoms. The fourth-order valence-electron chi connectivity index (χ4n) is 0.686. The highest BCUT2D eigenvalue weighted by Gasteiger charge is 2.08. The van der Waals surface area contributed by atoms with Crippen molar-refractivity contribution < 1.29 is 4.79 Å². The second kappa shape index (κ2) is 2.92.